The van der Waals surface area contributed by atoms with Crippen LogP contribution < -0.4 is 20.9 Å². The largest absolute Gasteiger partial charge is 0.360 e. The first kappa shape index (κ1) is 26.2. The Labute approximate surface area is 208 Å². The number of benzene rings is 1. The van der Waals surface area contributed by atoms with Crippen LogP contribution in [0.1, 0.15) is 38.2 Å². The normalized spacial score (nSPS) is 17.9. The molecular formula is C23H37IN6O2. The highest BCUT2D eigenvalue weighted by Gasteiger charge is 2.42. The Kier molecular flexibility index (Phi) is 10.0. The fourth-order valence-corrected chi connectivity index (χ4v) is 4.43. The molecule has 3 N–H and O–H groups in total. The maximum Gasteiger partial charge on any atom is 0.239 e. The zero-order valence-corrected chi connectivity index (χ0v) is 21.8. The molecule has 0 spiro atoms. The summed E-state index contributed by atoms with van der Waals surface area (Å²) in [5.41, 5.74) is 1.82. The monoisotopic (exact) mass is 556 g/mol. The number of guanidine groups is 1. The Hall–Kier alpha value is -2.04. The first-order valence-electron chi connectivity index (χ1n) is 11.3. The lowest BCUT2D eigenvalue weighted by molar-refractivity contribution is -0.138. The summed E-state index contributed by atoms with van der Waals surface area (Å²) < 4.78 is 0. The van der Waals surface area contributed by atoms with Gasteiger partial charge < -0.3 is 25.8 Å². The third-order valence-electron chi connectivity index (χ3n) is 6.12. The zero-order valence-electron chi connectivity index (χ0n) is 19.4. The minimum atomic E-state index is -0.331. The van der Waals surface area contributed by atoms with E-state index in [0.29, 0.717) is 26.2 Å². The summed E-state index contributed by atoms with van der Waals surface area (Å²) >= 11 is 0. The van der Waals surface area contributed by atoms with Crippen LogP contribution in [-0.2, 0) is 16.1 Å². The van der Waals surface area contributed by atoms with E-state index in [1.54, 1.807) is 4.90 Å². The molecule has 2 aliphatic rings. The van der Waals surface area contributed by atoms with Crippen molar-refractivity contribution >= 4 is 47.4 Å². The summed E-state index contributed by atoms with van der Waals surface area (Å²) in [6.07, 6.45) is 4.04. The van der Waals surface area contributed by atoms with Gasteiger partial charge in [0, 0.05) is 46.0 Å². The van der Waals surface area contributed by atoms with E-state index in [2.05, 4.69) is 33.0 Å². The van der Waals surface area contributed by atoms with Gasteiger partial charge in [0.05, 0.1) is 18.5 Å². The van der Waals surface area contributed by atoms with Gasteiger partial charge in [-0.3, -0.25) is 9.59 Å². The molecule has 1 saturated heterocycles. The van der Waals surface area contributed by atoms with Crippen molar-refractivity contribution in [1.82, 2.24) is 20.9 Å². The summed E-state index contributed by atoms with van der Waals surface area (Å²) in [5.74, 6) is 1.00. The first-order chi connectivity index (χ1) is 14.9. The topological polar surface area (TPSA) is 89.1 Å². The van der Waals surface area contributed by atoms with Crippen LogP contribution >= 0.6 is 24.0 Å². The second-order valence-corrected chi connectivity index (χ2v) is 8.67. The fourth-order valence-electron chi connectivity index (χ4n) is 4.43. The minimum Gasteiger partial charge on any atom is -0.360 e. The molecule has 1 aliphatic heterocycles. The van der Waals surface area contributed by atoms with E-state index < -0.39 is 0 Å². The van der Waals surface area contributed by atoms with Crippen molar-refractivity contribution in [3.63, 3.8) is 0 Å². The number of piperazine rings is 1. The number of nitrogens with one attached hydrogen (secondary N) is 3. The molecule has 1 aromatic rings. The van der Waals surface area contributed by atoms with Crippen LogP contribution in [0.5, 0.6) is 0 Å². The molecular weight excluding hydrogens is 519 g/mol. The van der Waals surface area contributed by atoms with E-state index >= 15 is 0 Å². The lowest BCUT2D eigenvalue weighted by Crippen LogP contribution is -2.49. The number of carbonyl (C=O) groups is 2. The van der Waals surface area contributed by atoms with Gasteiger partial charge in [-0.1, -0.05) is 25.0 Å². The van der Waals surface area contributed by atoms with Crippen molar-refractivity contribution < 1.29 is 9.59 Å². The predicted octanol–water partition coefficient (Wildman–Crippen LogP) is 1.94. The molecule has 178 valence electrons. The standard InChI is InChI=1S/C23H36N6O2.HI/c1-4-24-22(27-17-23(11-5-6-12-23)21(31)28(2)3)26-15-18-7-9-19(10-8-18)29-14-13-25-20(30)16-29;/h7-10H,4-6,11-17H2,1-3H3,(H,25,30)(H2,24,26,27);1H. The Bertz CT molecular complexity index is 790. The van der Waals surface area contributed by atoms with Gasteiger partial charge >= 0.3 is 0 Å². The summed E-state index contributed by atoms with van der Waals surface area (Å²) in [6.45, 7) is 5.86. The van der Waals surface area contributed by atoms with Crippen LogP contribution in [0.2, 0.25) is 0 Å². The van der Waals surface area contributed by atoms with Crippen LogP contribution in [0.4, 0.5) is 5.69 Å². The number of rotatable bonds is 7. The van der Waals surface area contributed by atoms with Crippen molar-refractivity contribution in [2.45, 2.75) is 39.2 Å². The quantitative estimate of drug-likeness (QED) is 0.272. The summed E-state index contributed by atoms with van der Waals surface area (Å²) in [7, 11) is 3.67. The molecule has 9 heteroatoms. The van der Waals surface area contributed by atoms with Gasteiger partial charge in [-0.15, -0.1) is 24.0 Å². The summed E-state index contributed by atoms with van der Waals surface area (Å²) in [6, 6.07) is 8.21. The Morgan fingerprint density at radius 1 is 1.19 bits per heavy atom. The van der Waals surface area contributed by atoms with Gasteiger partial charge in [0.1, 0.15) is 0 Å². The number of aliphatic imine (C=N–C) groups is 1. The SMILES string of the molecule is CCNC(=NCc1ccc(N2CCNC(=O)C2)cc1)NCC1(C(=O)N(C)C)CCCC1.I. The van der Waals surface area contributed by atoms with Crippen molar-refractivity contribution in [3.05, 3.63) is 29.8 Å². The molecule has 2 fully saturated rings. The number of carbonyl (C=O) groups excluding carboxylic acids is 2. The van der Waals surface area contributed by atoms with E-state index in [9.17, 15) is 9.59 Å². The Morgan fingerprint density at radius 3 is 2.47 bits per heavy atom. The molecule has 1 heterocycles. The van der Waals surface area contributed by atoms with Gasteiger partial charge in [-0.05, 0) is 37.5 Å². The lowest BCUT2D eigenvalue weighted by Gasteiger charge is -2.31. The molecule has 32 heavy (non-hydrogen) atoms. The second-order valence-electron chi connectivity index (χ2n) is 8.67. The van der Waals surface area contributed by atoms with Crippen molar-refractivity contribution in [3.8, 4) is 0 Å². The van der Waals surface area contributed by atoms with Gasteiger partial charge in [-0.2, -0.15) is 0 Å². The average molecular weight is 556 g/mol. The fraction of sp³-hybridized carbons (Fsp3) is 0.609. The molecule has 0 aromatic heterocycles. The van der Waals surface area contributed by atoms with Crippen LogP contribution in [0.3, 0.4) is 0 Å². The molecule has 0 unspecified atom stereocenters. The second kappa shape index (κ2) is 12.3. The molecule has 0 atom stereocenters. The third-order valence-corrected chi connectivity index (χ3v) is 6.12. The summed E-state index contributed by atoms with van der Waals surface area (Å²) in [5, 5.41) is 9.56. The number of hydrogen-bond donors (Lipinski definition) is 3. The number of halogens is 1. The molecule has 0 bridgehead atoms. The predicted molar refractivity (Wildman–Crippen MR) is 139 cm³/mol. The van der Waals surface area contributed by atoms with Crippen molar-refractivity contribution in [2.24, 2.45) is 10.4 Å². The average Bonchev–Trinajstić information content (AvgIpc) is 3.25. The van der Waals surface area contributed by atoms with Gasteiger partial charge in [0.15, 0.2) is 5.96 Å². The molecule has 2 amide bonds. The van der Waals surface area contributed by atoms with E-state index in [-0.39, 0.29) is 41.2 Å². The molecule has 1 saturated carbocycles. The zero-order chi connectivity index (χ0) is 22.3. The maximum absolute atomic E-state index is 12.8. The van der Waals surface area contributed by atoms with Crippen LogP contribution in [0.15, 0.2) is 29.3 Å². The van der Waals surface area contributed by atoms with Crippen LogP contribution in [0.25, 0.3) is 0 Å². The molecule has 3 rings (SSSR count). The minimum absolute atomic E-state index is 0. The highest BCUT2D eigenvalue weighted by Crippen LogP contribution is 2.38. The number of hydrogen-bond acceptors (Lipinski definition) is 4. The van der Waals surface area contributed by atoms with Crippen LogP contribution in [0, 0.1) is 5.41 Å². The van der Waals surface area contributed by atoms with E-state index in [1.165, 1.54) is 0 Å². The highest BCUT2D eigenvalue weighted by atomic mass is 127. The Balaban J connectivity index is 0.00000363. The smallest absolute Gasteiger partial charge is 0.239 e. The van der Waals surface area contributed by atoms with Gasteiger partial charge in [-0.25, -0.2) is 4.99 Å². The Morgan fingerprint density at radius 2 is 1.88 bits per heavy atom. The van der Waals surface area contributed by atoms with Crippen molar-refractivity contribution in [1.29, 1.82) is 0 Å². The van der Waals surface area contributed by atoms with Gasteiger partial charge in [0.2, 0.25) is 11.8 Å². The number of anilines is 1. The van der Waals surface area contributed by atoms with E-state index in [1.807, 2.05) is 33.2 Å². The third kappa shape index (κ3) is 6.73. The number of nitrogens with zero attached hydrogens (tertiary/aromatic N) is 3. The molecule has 1 aliphatic carbocycles. The first-order valence-corrected chi connectivity index (χ1v) is 11.3. The number of amides is 2. The van der Waals surface area contributed by atoms with E-state index in [0.717, 1.165) is 56.0 Å². The highest BCUT2D eigenvalue weighted by molar-refractivity contribution is 14.0. The molecule has 1 aromatic carbocycles. The lowest BCUT2D eigenvalue weighted by atomic mass is 9.84. The van der Waals surface area contributed by atoms with E-state index in [4.69, 9.17) is 4.99 Å². The van der Waals surface area contributed by atoms with Crippen LogP contribution in [-0.4, -0.2) is 69.5 Å². The van der Waals surface area contributed by atoms with Gasteiger partial charge in [0.25, 0.3) is 0 Å². The maximum atomic E-state index is 12.8. The van der Waals surface area contributed by atoms with Crippen molar-refractivity contribution in [2.75, 3.05) is 51.7 Å². The molecule has 8 nitrogen and oxygen atoms in total. The molecule has 0 radical (unpaired) electrons. The summed E-state index contributed by atoms with van der Waals surface area (Å²) in [4.78, 5) is 32.9.